The predicted octanol–water partition coefficient (Wildman–Crippen LogP) is 2.82. The van der Waals surface area contributed by atoms with Crippen LogP contribution in [0.4, 0.5) is 14.5 Å². The minimum atomic E-state index is -3.04. The van der Waals surface area contributed by atoms with Crippen LogP contribution < -0.4 is 24.8 Å². The molecule has 0 radical (unpaired) electrons. The molecule has 1 atom stereocenters. The molecule has 0 aliphatic carbocycles. The highest BCUT2D eigenvalue weighted by Gasteiger charge is 2.18. The number of ether oxygens (including phenoxy) is 3. The second-order valence-corrected chi connectivity index (χ2v) is 5.62. The van der Waals surface area contributed by atoms with Gasteiger partial charge in [-0.15, -0.1) is 0 Å². The molecule has 0 aliphatic rings. The lowest BCUT2D eigenvalue weighted by atomic mass is 10.2. The minimum absolute atomic E-state index is 0.0951. The van der Waals surface area contributed by atoms with Crippen LogP contribution in [-0.4, -0.2) is 38.2 Å². The van der Waals surface area contributed by atoms with E-state index in [-0.39, 0.29) is 23.8 Å². The van der Waals surface area contributed by atoms with Crippen molar-refractivity contribution >= 4 is 17.5 Å². The van der Waals surface area contributed by atoms with Gasteiger partial charge in [0.05, 0.1) is 7.11 Å². The first-order valence-corrected chi connectivity index (χ1v) is 8.30. The normalized spacial score (nSPS) is 11.5. The molecule has 0 saturated carbocycles. The molecule has 2 aromatic rings. The number of carbonyl (C=O) groups is 2. The maximum atomic E-state index is 12.5. The van der Waals surface area contributed by atoms with Crippen LogP contribution in [-0.2, 0) is 9.59 Å². The summed E-state index contributed by atoms with van der Waals surface area (Å²) in [5.74, 6) is -0.621. The summed E-state index contributed by atoms with van der Waals surface area (Å²) in [4.78, 5) is 24.1. The number of hydrogen-bond acceptors (Lipinski definition) is 5. The second-order valence-electron chi connectivity index (χ2n) is 5.62. The van der Waals surface area contributed by atoms with E-state index in [1.807, 2.05) is 6.07 Å². The van der Waals surface area contributed by atoms with Crippen molar-refractivity contribution in [2.45, 2.75) is 19.6 Å². The molecule has 0 fully saturated rings. The van der Waals surface area contributed by atoms with E-state index < -0.39 is 24.5 Å². The third-order valence-corrected chi connectivity index (χ3v) is 3.53. The van der Waals surface area contributed by atoms with Crippen LogP contribution in [0.1, 0.15) is 6.92 Å². The molecule has 0 heterocycles. The monoisotopic (exact) mass is 394 g/mol. The van der Waals surface area contributed by atoms with Gasteiger partial charge >= 0.3 is 6.61 Å². The Morgan fingerprint density at radius 3 is 2.43 bits per heavy atom. The summed E-state index contributed by atoms with van der Waals surface area (Å²) < 4.78 is 39.5. The van der Waals surface area contributed by atoms with Gasteiger partial charge in [0, 0.05) is 11.8 Å². The van der Waals surface area contributed by atoms with Gasteiger partial charge in [0.25, 0.3) is 5.91 Å². The number of halogens is 2. The number of anilines is 1. The third kappa shape index (κ3) is 6.42. The van der Waals surface area contributed by atoms with Crippen molar-refractivity contribution in [3.63, 3.8) is 0 Å². The van der Waals surface area contributed by atoms with Crippen LogP contribution in [0.3, 0.4) is 0 Å². The number of methoxy groups -OCH3 is 1. The molecule has 0 bridgehead atoms. The number of hydrogen-bond donors (Lipinski definition) is 2. The minimum Gasteiger partial charge on any atom is -0.493 e. The van der Waals surface area contributed by atoms with Gasteiger partial charge in [0.1, 0.15) is 11.8 Å². The van der Waals surface area contributed by atoms with Gasteiger partial charge in [-0.3, -0.25) is 9.59 Å². The zero-order valence-corrected chi connectivity index (χ0v) is 15.3. The summed E-state index contributed by atoms with van der Waals surface area (Å²) in [5, 5.41) is 5.00. The lowest BCUT2D eigenvalue weighted by molar-refractivity contribution is -0.127. The Kier molecular flexibility index (Phi) is 7.55. The summed E-state index contributed by atoms with van der Waals surface area (Å²) in [6, 6.07) is 11.9. The number of benzene rings is 2. The Bertz CT molecular complexity index is 802. The van der Waals surface area contributed by atoms with Crippen LogP contribution in [0.25, 0.3) is 0 Å². The maximum absolute atomic E-state index is 12.5. The first-order chi connectivity index (χ1) is 13.4. The highest BCUT2D eigenvalue weighted by Crippen LogP contribution is 2.31. The molecule has 2 rings (SSSR count). The molecule has 150 valence electrons. The Hall–Kier alpha value is -3.36. The van der Waals surface area contributed by atoms with Crippen molar-refractivity contribution < 1.29 is 32.6 Å². The number of carbonyl (C=O) groups excluding carboxylic acids is 2. The van der Waals surface area contributed by atoms with Crippen LogP contribution >= 0.6 is 0 Å². The van der Waals surface area contributed by atoms with Crippen molar-refractivity contribution in [2.24, 2.45) is 0 Å². The van der Waals surface area contributed by atoms with E-state index in [1.165, 1.54) is 32.2 Å². The summed E-state index contributed by atoms with van der Waals surface area (Å²) in [6.07, 6.45) is 0. The molecule has 28 heavy (non-hydrogen) atoms. The van der Waals surface area contributed by atoms with E-state index in [1.54, 1.807) is 24.3 Å². The number of alkyl halides is 2. The molecule has 0 aromatic heterocycles. The van der Waals surface area contributed by atoms with Crippen LogP contribution in [0.5, 0.6) is 17.2 Å². The molecular weight excluding hydrogens is 374 g/mol. The number of amides is 2. The van der Waals surface area contributed by atoms with Crippen LogP contribution in [0, 0.1) is 0 Å². The molecule has 7 nitrogen and oxygen atoms in total. The average molecular weight is 394 g/mol. The third-order valence-electron chi connectivity index (χ3n) is 3.53. The van der Waals surface area contributed by atoms with Gasteiger partial charge in [-0.05, 0) is 31.2 Å². The number of para-hydroxylation sites is 1. The van der Waals surface area contributed by atoms with Crippen molar-refractivity contribution in [3.05, 3.63) is 48.5 Å². The molecule has 2 aromatic carbocycles. The van der Waals surface area contributed by atoms with Crippen molar-refractivity contribution in [3.8, 4) is 17.2 Å². The molecule has 0 saturated heterocycles. The predicted molar refractivity (Wildman–Crippen MR) is 97.8 cm³/mol. The van der Waals surface area contributed by atoms with Crippen molar-refractivity contribution in [1.29, 1.82) is 0 Å². The average Bonchev–Trinajstić information content (AvgIpc) is 2.67. The molecule has 0 spiro atoms. The van der Waals surface area contributed by atoms with Gasteiger partial charge in [0.15, 0.2) is 18.1 Å². The molecular formula is C19H20F2N2O5. The van der Waals surface area contributed by atoms with Gasteiger partial charge in [-0.25, -0.2) is 0 Å². The van der Waals surface area contributed by atoms with Gasteiger partial charge in [-0.1, -0.05) is 18.2 Å². The Morgan fingerprint density at radius 1 is 1.07 bits per heavy atom. The zero-order chi connectivity index (χ0) is 20.5. The first-order valence-electron chi connectivity index (χ1n) is 8.30. The van der Waals surface area contributed by atoms with E-state index in [2.05, 4.69) is 15.4 Å². The largest absolute Gasteiger partial charge is 0.493 e. The van der Waals surface area contributed by atoms with E-state index >= 15 is 0 Å². The lowest BCUT2D eigenvalue weighted by Crippen LogP contribution is -2.43. The lowest BCUT2D eigenvalue weighted by Gasteiger charge is -2.16. The van der Waals surface area contributed by atoms with Gasteiger partial charge < -0.3 is 24.8 Å². The summed E-state index contributed by atoms with van der Waals surface area (Å²) in [7, 11) is 1.31. The molecule has 0 aliphatic heterocycles. The standard InChI is InChI=1S/C19H20F2N2O5/c1-12(22-17(24)11-27-14-6-4-3-5-7-14)18(25)23-13-8-9-15(26-2)16(10-13)28-19(20)21/h3-10,12,19H,11H2,1-2H3,(H,22,24)(H,23,25)/t12-/m1/s1. The number of rotatable bonds is 9. The SMILES string of the molecule is COc1ccc(NC(=O)[C@@H](C)NC(=O)COc2ccccc2)cc1OC(F)F. The fraction of sp³-hybridized carbons (Fsp3) is 0.263. The van der Waals surface area contributed by atoms with Crippen molar-refractivity contribution in [2.75, 3.05) is 19.0 Å². The van der Waals surface area contributed by atoms with E-state index in [9.17, 15) is 18.4 Å². The summed E-state index contributed by atoms with van der Waals surface area (Å²) >= 11 is 0. The second kappa shape index (κ2) is 10.1. The quantitative estimate of drug-likeness (QED) is 0.683. The van der Waals surface area contributed by atoms with E-state index in [0.29, 0.717) is 5.75 Å². The van der Waals surface area contributed by atoms with Gasteiger partial charge in [0.2, 0.25) is 5.91 Å². The van der Waals surface area contributed by atoms with E-state index in [0.717, 1.165) is 0 Å². The molecule has 9 heteroatoms. The maximum Gasteiger partial charge on any atom is 0.387 e. The fourth-order valence-electron chi connectivity index (χ4n) is 2.21. The summed E-state index contributed by atoms with van der Waals surface area (Å²) in [6.45, 7) is -1.81. The van der Waals surface area contributed by atoms with E-state index in [4.69, 9.17) is 9.47 Å². The van der Waals surface area contributed by atoms with Gasteiger partial charge in [-0.2, -0.15) is 8.78 Å². The molecule has 0 unspecified atom stereocenters. The molecule has 2 N–H and O–H groups in total. The first kappa shape index (κ1) is 20.9. The summed E-state index contributed by atoms with van der Waals surface area (Å²) in [5.41, 5.74) is 0.211. The zero-order valence-electron chi connectivity index (χ0n) is 15.3. The molecule has 2 amide bonds. The number of nitrogens with one attached hydrogen (secondary N) is 2. The Morgan fingerprint density at radius 2 is 1.79 bits per heavy atom. The smallest absolute Gasteiger partial charge is 0.387 e. The van der Waals surface area contributed by atoms with Crippen LogP contribution in [0.2, 0.25) is 0 Å². The van der Waals surface area contributed by atoms with Crippen molar-refractivity contribution in [1.82, 2.24) is 5.32 Å². The Labute approximate surface area is 160 Å². The highest BCUT2D eigenvalue weighted by atomic mass is 19.3. The van der Waals surface area contributed by atoms with Crippen LogP contribution in [0.15, 0.2) is 48.5 Å². The Balaban J connectivity index is 1.90. The highest BCUT2D eigenvalue weighted by molar-refractivity contribution is 5.97. The fourth-order valence-corrected chi connectivity index (χ4v) is 2.21. The topological polar surface area (TPSA) is 85.9 Å².